The molecule has 7 aromatic carbocycles. The average Bonchev–Trinajstić information content (AvgIpc) is 3.80. The zero-order valence-electron chi connectivity index (χ0n) is 30.2. The van der Waals surface area contributed by atoms with Crippen LogP contribution >= 0.6 is 0 Å². The zero-order chi connectivity index (χ0) is 37.0. The normalized spacial score (nSPS) is 11.6. The lowest BCUT2D eigenvalue weighted by Crippen LogP contribution is -2.08. The first kappa shape index (κ1) is 31.8. The lowest BCUT2D eigenvalue weighted by atomic mass is 9.95. The van der Waals surface area contributed by atoms with Crippen LogP contribution in [0.15, 0.2) is 194 Å². The van der Waals surface area contributed by atoms with Crippen molar-refractivity contribution in [2.24, 2.45) is 0 Å². The van der Waals surface area contributed by atoms with Crippen LogP contribution < -0.4 is 0 Å². The summed E-state index contributed by atoms with van der Waals surface area (Å²) in [7, 11) is 0. The van der Waals surface area contributed by atoms with E-state index in [4.69, 9.17) is 19.9 Å². The Morgan fingerprint density at radius 2 is 0.875 bits per heavy atom. The van der Waals surface area contributed by atoms with Crippen LogP contribution in [0.2, 0.25) is 0 Å². The molecule has 6 nitrogen and oxygen atoms in total. The summed E-state index contributed by atoms with van der Waals surface area (Å²) in [6.45, 7) is 0. The Labute approximate surface area is 322 Å². The summed E-state index contributed by atoms with van der Waals surface area (Å²) < 4.78 is 4.50. The molecule has 56 heavy (non-hydrogen) atoms. The van der Waals surface area contributed by atoms with Gasteiger partial charge in [-0.05, 0) is 59.2 Å². The van der Waals surface area contributed by atoms with E-state index in [1.165, 1.54) is 0 Å². The number of pyridine rings is 1. The lowest BCUT2D eigenvalue weighted by Gasteiger charge is -2.19. The first-order valence-electron chi connectivity index (χ1n) is 18.7. The molecule has 0 aliphatic rings. The fourth-order valence-corrected chi connectivity index (χ4v) is 8.16. The van der Waals surface area contributed by atoms with Crippen molar-refractivity contribution >= 4 is 43.7 Å². The number of rotatable bonds is 6. The lowest BCUT2D eigenvalue weighted by molar-refractivity contribution is 0.952. The maximum absolute atomic E-state index is 5.41. The smallest absolute Gasteiger partial charge is 0.238 e. The number of hydrogen-bond acceptors (Lipinski definition) is 4. The van der Waals surface area contributed by atoms with Crippen LogP contribution in [-0.2, 0) is 0 Å². The summed E-state index contributed by atoms with van der Waals surface area (Å²) in [5, 5.41) is 3.36. The molecule has 0 spiro atoms. The second kappa shape index (κ2) is 13.0. The molecule has 0 atom stereocenters. The van der Waals surface area contributed by atoms with Crippen LogP contribution in [-0.4, -0.2) is 29.1 Å². The van der Waals surface area contributed by atoms with Crippen molar-refractivity contribution in [3.8, 4) is 56.7 Å². The molecule has 0 radical (unpaired) electrons. The Balaban J connectivity index is 1.25. The van der Waals surface area contributed by atoms with E-state index in [1.807, 2.05) is 30.5 Å². The van der Waals surface area contributed by atoms with E-state index < -0.39 is 0 Å². The molecule has 0 aliphatic heterocycles. The summed E-state index contributed by atoms with van der Waals surface area (Å²) in [6.07, 6.45) is 1.87. The van der Waals surface area contributed by atoms with E-state index in [-0.39, 0.29) is 0 Å². The van der Waals surface area contributed by atoms with E-state index >= 15 is 0 Å². The first-order chi connectivity index (χ1) is 27.8. The third-order valence-electron chi connectivity index (χ3n) is 10.6. The number of para-hydroxylation sites is 4. The van der Waals surface area contributed by atoms with Gasteiger partial charge in [-0.25, -0.2) is 4.98 Å². The number of hydrogen-bond donors (Lipinski definition) is 0. The quantitative estimate of drug-likeness (QED) is 0.172. The van der Waals surface area contributed by atoms with Gasteiger partial charge < -0.3 is 4.57 Å². The fraction of sp³-hybridized carbons (Fsp3) is 0. The van der Waals surface area contributed by atoms with E-state index in [0.717, 1.165) is 82.8 Å². The Morgan fingerprint density at radius 1 is 0.339 bits per heavy atom. The van der Waals surface area contributed by atoms with Crippen molar-refractivity contribution in [3.05, 3.63) is 194 Å². The van der Waals surface area contributed by atoms with Crippen molar-refractivity contribution in [1.29, 1.82) is 0 Å². The standard InChI is InChI=1S/C50H32N6/c1-3-16-33(17-4-1)35-20-13-21-36(32-35)37-25-14-26-41(47(37)55-44-29-12-9-24-40(44)46-45(55)30-15-31-51-46)49-52-48(34-18-5-2-6-19-34)53-50(54-49)56-42-27-10-7-22-38(42)39-23-8-11-28-43(39)56/h1-32H. The number of fused-ring (bicyclic) bond motifs is 6. The van der Waals surface area contributed by atoms with Crippen LogP contribution in [0.3, 0.4) is 0 Å². The summed E-state index contributed by atoms with van der Waals surface area (Å²) >= 11 is 0. The average molecular weight is 717 g/mol. The first-order valence-corrected chi connectivity index (χ1v) is 18.7. The van der Waals surface area contributed by atoms with Gasteiger partial charge in [-0.2, -0.15) is 9.97 Å². The summed E-state index contributed by atoms with van der Waals surface area (Å²) in [4.78, 5) is 20.8. The minimum atomic E-state index is 0.553. The van der Waals surface area contributed by atoms with Gasteiger partial charge in [-0.3, -0.25) is 9.55 Å². The molecule has 0 amide bonds. The molecule has 0 N–H and O–H groups in total. The molecular formula is C50H32N6. The monoisotopic (exact) mass is 716 g/mol. The predicted octanol–water partition coefficient (Wildman–Crippen LogP) is 12.1. The van der Waals surface area contributed by atoms with Gasteiger partial charge >= 0.3 is 0 Å². The molecule has 11 aromatic rings. The molecule has 0 saturated heterocycles. The largest absolute Gasteiger partial charge is 0.306 e. The number of nitrogens with zero attached hydrogens (tertiary/aromatic N) is 6. The Hall–Kier alpha value is -7.70. The highest BCUT2D eigenvalue weighted by Gasteiger charge is 2.24. The van der Waals surface area contributed by atoms with Gasteiger partial charge in [-0.15, -0.1) is 0 Å². The molecule has 6 heteroatoms. The molecule has 0 aliphatic carbocycles. The van der Waals surface area contributed by atoms with Crippen LogP contribution in [0.5, 0.6) is 0 Å². The van der Waals surface area contributed by atoms with Crippen molar-refractivity contribution in [2.75, 3.05) is 0 Å². The topological polar surface area (TPSA) is 61.4 Å². The van der Waals surface area contributed by atoms with Crippen LogP contribution in [0.4, 0.5) is 0 Å². The van der Waals surface area contributed by atoms with Crippen molar-refractivity contribution < 1.29 is 0 Å². The Kier molecular flexibility index (Phi) is 7.38. The van der Waals surface area contributed by atoms with E-state index in [2.05, 4.69) is 173 Å². The van der Waals surface area contributed by atoms with E-state index in [0.29, 0.717) is 17.6 Å². The van der Waals surface area contributed by atoms with Gasteiger partial charge in [0.1, 0.15) is 0 Å². The van der Waals surface area contributed by atoms with Gasteiger partial charge in [0.25, 0.3) is 0 Å². The van der Waals surface area contributed by atoms with Crippen molar-refractivity contribution in [1.82, 2.24) is 29.1 Å². The van der Waals surface area contributed by atoms with E-state index in [9.17, 15) is 0 Å². The fourth-order valence-electron chi connectivity index (χ4n) is 8.16. The third-order valence-corrected chi connectivity index (χ3v) is 10.6. The Bertz CT molecular complexity index is 3150. The van der Waals surface area contributed by atoms with Crippen molar-refractivity contribution in [2.45, 2.75) is 0 Å². The molecule has 11 rings (SSSR count). The van der Waals surface area contributed by atoms with Gasteiger partial charge in [-0.1, -0.05) is 146 Å². The van der Waals surface area contributed by atoms with E-state index in [1.54, 1.807) is 0 Å². The van der Waals surface area contributed by atoms with Gasteiger partial charge in [0, 0.05) is 39.0 Å². The van der Waals surface area contributed by atoms with Crippen LogP contribution in [0.25, 0.3) is 100 Å². The molecule has 0 saturated carbocycles. The molecule has 4 aromatic heterocycles. The second-order valence-electron chi connectivity index (χ2n) is 13.9. The maximum Gasteiger partial charge on any atom is 0.238 e. The second-order valence-corrected chi connectivity index (χ2v) is 13.9. The number of benzene rings is 7. The van der Waals surface area contributed by atoms with Gasteiger partial charge in [0.2, 0.25) is 5.95 Å². The predicted molar refractivity (Wildman–Crippen MR) is 228 cm³/mol. The minimum absolute atomic E-state index is 0.553. The maximum atomic E-state index is 5.41. The summed E-state index contributed by atoms with van der Waals surface area (Å²) in [5.41, 5.74) is 12.2. The zero-order valence-corrected chi connectivity index (χ0v) is 30.2. The van der Waals surface area contributed by atoms with Crippen LogP contribution in [0.1, 0.15) is 0 Å². The molecule has 0 unspecified atom stereocenters. The highest BCUT2D eigenvalue weighted by atomic mass is 15.2. The minimum Gasteiger partial charge on any atom is -0.306 e. The van der Waals surface area contributed by atoms with Crippen LogP contribution in [0, 0.1) is 0 Å². The molecule has 0 fully saturated rings. The molecular weight excluding hydrogens is 685 g/mol. The summed E-state index contributed by atoms with van der Waals surface area (Å²) in [6, 6.07) is 65.5. The number of aromatic nitrogens is 6. The highest BCUT2D eigenvalue weighted by Crippen LogP contribution is 2.41. The molecule has 0 bridgehead atoms. The van der Waals surface area contributed by atoms with Gasteiger partial charge in [0.15, 0.2) is 11.6 Å². The van der Waals surface area contributed by atoms with Gasteiger partial charge in [0.05, 0.1) is 33.3 Å². The molecule has 262 valence electrons. The summed E-state index contributed by atoms with van der Waals surface area (Å²) in [5.74, 6) is 1.72. The Morgan fingerprint density at radius 3 is 1.61 bits per heavy atom. The third kappa shape index (κ3) is 5.11. The molecule has 4 heterocycles. The highest BCUT2D eigenvalue weighted by molar-refractivity contribution is 6.10. The van der Waals surface area contributed by atoms with Crippen molar-refractivity contribution in [3.63, 3.8) is 0 Å². The SMILES string of the molecule is c1ccc(-c2cccc(-c3cccc(-c4nc(-c5ccccc5)nc(-n5c6ccccc6c6ccccc65)n4)c3-n3c4ccccc4c4ncccc43)c2)cc1.